The number of nitrogens with zero attached hydrogens (tertiary/aromatic N) is 2. The van der Waals surface area contributed by atoms with Crippen LogP contribution in [-0.4, -0.2) is 65.5 Å². The van der Waals surface area contributed by atoms with Crippen molar-refractivity contribution in [3.8, 4) is 0 Å². The molecule has 2 saturated heterocycles. The zero-order valence-electron chi connectivity index (χ0n) is 14.2. The van der Waals surface area contributed by atoms with Gasteiger partial charge in [-0.05, 0) is 26.7 Å². The Kier molecular flexibility index (Phi) is 5.59. The van der Waals surface area contributed by atoms with Crippen molar-refractivity contribution in [2.45, 2.75) is 57.0 Å². The van der Waals surface area contributed by atoms with Crippen molar-refractivity contribution in [3.05, 3.63) is 0 Å². The summed E-state index contributed by atoms with van der Waals surface area (Å²) >= 11 is 0. The predicted octanol–water partition coefficient (Wildman–Crippen LogP) is 1.35. The first-order valence-electron chi connectivity index (χ1n) is 8.55. The molecule has 3 amide bonds. The van der Waals surface area contributed by atoms with E-state index in [4.69, 9.17) is 0 Å². The second-order valence-corrected chi connectivity index (χ2v) is 7.46. The number of halogens is 1. The largest absolute Gasteiger partial charge is 0.325 e. The number of rotatable bonds is 3. The van der Waals surface area contributed by atoms with Crippen LogP contribution in [0.25, 0.3) is 0 Å². The lowest BCUT2D eigenvalue weighted by Crippen LogP contribution is -2.63. The molecule has 132 valence electrons. The van der Waals surface area contributed by atoms with Crippen molar-refractivity contribution >= 4 is 24.3 Å². The summed E-state index contributed by atoms with van der Waals surface area (Å²) in [6.45, 7) is 7.85. The number of carbonyl (C=O) groups excluding carboxylic acids is 2. The highest BCUT2D eigenvalue weighted by Crippen LogP contribution is 2.34. The molecular weight excluding hydrogens is 316 g/mol. The smallest absolute Gasteiger partial charge is 0.324 e. The number of piperazine rings is 1. The van der Waals surface area contributed by atoms with E-state index in [9.17, 15) is 9.59 Å². The molecule has 0 radical (unpaired) electrons. The second kappa shape index (κ2) is 6.95. The van der Waals surface area contributed by atoms with Crippen molar-refractivity contribution < 1.29 is 9.59 Å². The summed E-state index contributed by atoms with van der Waals surface area (Å²) in [4.78, 5) is 28.2. The van der Waals surface area contributed by atoms with Gasteiger partial charge in [0.25, 0.3) is 5.91 Å². The number of hydrogen-bond donors (Lipinski definition) is 2. The summed E-state index contributed by atoms with van der Waals surface area (Å²) in [7, 11) is 0. The third-order valence-electron chi connectivity index (χ3n) is 5.51. The van der Waals surface area contributed by atoms with E-state index in [0.29, 0.717) is 6.54 Å². The average Bonchev–Trinajstić information content (AvgIpc) is 2.68. The average molecular weight is 345 g/mol. The number of urea groups is 1. The number of nitrogens with one attached hydrogen (secondary N) is 2. The molecule has 7 heteroatoms. The minimum absolute atomic E-state index is 0. The van der Waals surface area contributed by atoms with Gasteiger partial charge in [-0.15, -0.1) is 12.4 Å². The van der Waals surface area contributed by atoms with Gasteiger partial charge < -0.3 is 10.6 Å². The van der Waals surface area contributed by atoms with Gasteiger partial charge in [-0.25, -0.2) is 4.79 Å². The Labute approximate surface area is 144 Å². The molecular formula is C16H29ClN4O2. The molecule has 1 aliphatic carbocycles. The molecule has 0 atom stereocenters. The molecule has 1 spiro atoms. The number of carbonyl (C=O) groups is 2. The SMILES string of the molecule is CC1(C)NC(=O)N(CCN2CCNCC23CCCCC3)C1=O.Cl. The van der Waals surface area contributed by atoms with Gasteiger partial charge in [-0.2, -0.15) is 0 Å². The first-order chi connectivity index (χ1) is 10.4. The van der Waals surface area contributed by atoms with Crippen LogP contribution in [-0.2, 0) is 4.79 Å². The maximum atomic E-state index is 12.3. The minimum Gasteiger partial charge on any atom is -0.324 e. The Balaban J connectivity index is 0.00000192. The first kappa shape index (κ1) is 18.5. The van der Waals surface area contributed by atoms with Crippen LogP contribution in [0.2, 0.25) is 0 Å². The van der Waals surface area contributed by atoms with Crippen molar-refractivity contribution in [2.24, 2.45) is 0 Å². The van der Waals surface area contributed by atoms with E-state index in [1.54, 1.807) is 13.8 Å². The molecule has 6 nitrogen and oxygen atoms in total. The molecule has 2 aliphatic heterocycles. The van der Waals surface area contributed by atoms with E-state index in [-0.39, 0.29) is 29.9 Å². The summed E-state index contributed by atoms with van der Waals surface area (Å²) in [6.07, 6.45) is 6.36. The lowest BCUT2D eigenvalue weighted by atomic mass is 9.79. The Bertz CT molecular complexity index is 455. The second-order valence-electron chi connectivity index (χ2n) is 7.46. The van der Waals surface area contributed by atoms with Crippen LogP contribution in [0.1, 0.15) is 46.0 Å². The quantitative estimate of drug-likeness (QED) is 0.758. The monoisotopic (exact) mass is 344 g/mol. The molecule has 23 heavy (non-hydrogen) atoms. The molecule has 0 unspecified atom stereocenters. The summed E-state index contributed by atoms with van der Waals surface area (Å²) in [5, 5.41) is 6.29. The topological polar surface area (TPSA) is 64.7 Å². The van der Waals surface area contributed by atoms with Crippen LogP contribution in [0.5, 0.6) is 0 Å². The Morgan fingerprint density at radius 1 is 1.09 bits per heavy atom. The third-order valence-corrected chi connectivity index (χ3v) is 5.51. The standard InChI is InChI=1S/C16H28N4O2.ClH/c1-15(2)13(21)20(14(22)18-15)11-10-19-9-8-17-12-16(19)6-4-3-5-7-16;/h17H,3-12H2,1-2H3,(H,18,22);1H. The zero-order valence-corrected chi connectivity index (χ0v) is 15.0. The molecule has 1 saturated carbocycles. The highest BCUT2D eigenvalue weighted by molar-refractivity contribution is 6.06. The minimum atomic E-state index is -0.761. The van der Waals surface area contributed by atoms with Crippen LogP contribution >= 0.6 is 12.4 Å². The number of hydrogen-bond acceptors (Lipinski definition) is 4. The molecule has 3 fully saturated rings. The lowest BCUT2D eigenvalue weighted by molar-refractivity contribution is -0.130. The Morgan fingerprint density at radius 3 is 2.39 bits per heavy atom. The third kappa shape index (κ3) is 3.49. The van der Waals surface area contributed by atoms with Crippen molar-refractivity contribution in [3.63, 3.8) is 0 Å². The first-order valence-corrected chi connectivity index (χ1v) is 8.55. The number of imide groups is 1. The lowest BCUT2D eigenvalue weighted by Gasteiger charge is -2.50. The molecule has 3 rings (SSSR count). The van der Waals surface area contributed by atoms with E-state index in [1.165, 1.54) is 37.0 Å². The fourth-order valence-electron chi connectivity index (χ4n) is 4.18. The van der Waals surface area contributed by atoms with Crippen LogP contribution < -0.4 is 10.6 Å². The van der Waals surface area contributed by atoms with E-state index in [2.05, 4.69) is 15.5 Å². The summed E-state index contributed by atoms with van der Waals surface area (Å²) < 4.78 is 0. The van der Waals surface area contributed by atoms with Crippen LogP contribution in [0, 0.1) is 0 Å². The highest BCUT2D eigenvalue weighted by atomic mass is 35.5. The zero-order chi connectivity index (χ0) is 15.8. The van der Waals surface area contributed by atoms with Gasteiger partial charge in [0.15, 0.2) is 0 Å². The highest BCUT2D eigenvalue weighted by Gasteiger charge is 2.45. The molecule has 0 aromatic carbocycles. The van der Waals surface area contributed by atoms with Gasteiger partial charge in [-0.1, -0.05) is 19.3 Å². The number of amides is 3. The Hall–Kier alpha value is -0.850. The van der Waals surface area contributed by atoms with Gasteiger partial charge >= 0.3 is 6.03 Å². The van der Waals surface area contributed by atoms with Gasteiger partial charge in [-0.3, -0.25) is 14.6 Å². The van der Waals surface area contributed by atoms with Crippen molar-refractivity contribution in [2.75, 3.05) is 32.7 Å². The van der Waals surface area contributed by atoms with Gasteiger partial charge in [0.05, 0.1) is 0 Å². The normalized spacial score (nSPS) is 27.0. The Morgan fingerprint density at radius 2 is 1.78 bits per heavy atom. The molecule has 2 N–H and O–H groups in total. The maximum absolute atomic E-state index is 12.3. The van der Waals surface area contributed by atoms with Crippen molar-refractivity contribution in [1.82, 2.24) is 20.4 Å². The molecule has 3 aliphatic rings. The van der Waals surface area contributed by atoms with E-state index >= 15 is 0 Å². The fourth-order valence-corrected chi connectivity index (χ4v) is 4.18. The summed E-state index contributed by atoms with van der Waals surface area (Å²) in [6, 6.07) is -0.247. The maximum Gasteiger partial charge on any atom is 0.325 e. The predicted molar refractivity (Wildman–Crippen MR) is 91.8 cm³/mol. The van der Waals surface area contributed by atoms with Crippen LogP contribution in [0.3, 0.4) is 0 Å². The van der Waals surface area contributed by atoms with Gasteiger partial charge in [0, 0.05) is 38.3 Å². The summed E-state index contributed by atoms with van der Waals surface area (Å²) in [5.74, 6) is -0.106. The fraction of sp³-hybridized carbons (Fsp3) is 0.875. The van der Waals surface area contributed by atoms with E-state index < -0.39 is 5.54 Å². The van der Waals surface area contributed by atoms with E-state index in [0.717, 1.165) is 26.2 Å². The van der Waals surface area contributed by atoms with Crippen molar-refractivity contribution in [1.29, 1.82) is 0 Å². The van der Waals surface area contributed by atoms with Gasteiger partial charge in [0.1, 0.15) is 5.54 Å². The van der Waals surface area contributed by atoms with Crippen LogP contribution in [0.4, 0.5) is 4.79 Å². The van der Waals surface area contributed by atoms with Gasteiger partial charge in [0.2, 0.25) is 0 Å². The molecule has 2 heterocycles. The molecule has 0 bridgehead atoms. The molecule has 0 aromatic rings. The summed E-state index contributed by atoms with van der Waals surface area (Å²) in [5.41, 5.74) is -0.520. The molecule has 0 aromatic heterocycles. The van der Waals surface area contributed by atoms with Crippen LogP contribution in [0.15, 0.2) is 0 Å². The van der Waals surface area contributed by atoms with E-state index in [1.807, 2.05) is 0 Å².